The van der Waals surface area contributed by atoms with E-state index in [4.69, 9.17) is 9.47 Å². The molecule has 5 heteroatoms. The van der Waals surface area contributed by atoms with Gasteiger partial charge in [-0.1, -0.05) is 165 Å². The SMILES string of the molecule is CCCCCC/C=C/C=C/CCCCCCCCCCCCC(=O)OC(CO)COC(=O)CC/C=C/C/C=C/CCCCCCCC. The van der Waals surface area contributed by atoms with Crippen molar-refractivity contribution in [3.8, 4) is 0 Å². The maximum atomic E-state index is 12.2. The van der Waals surface area contributed by atoms with Crippen molar-refractivity contribution < 1.29 is 24.2 Å². The van der Waals surface area contributed by atoms with Crippen LogP contribution in [0.4, 0.5) is 0 Å². The van der Waals surface area contributed by atoms with Crippen molar-refractivity contribution in [1.82, 2.24) is 0 Å². The summed E-state index contributed by atoms with van der Waals surface area (Å²) in [4.78, 5) is 24.2. The molecule has 0 amide bonds. The Kier molecular flexibility index (Phi) is 36.6. The van der Waals surface area contributed by atoms with Gasteiger partial charge >= 0.3 is 11.9 Å². The highest BCUT2D eigenvalue weighted by Crippen LogP contribution is 2.13. The lowest BCUT2D eigenvalue weighted by atomic mass is 10.1. The molecule has 47 heavy (non-hydrogen) atoms. The van der Waals surface area contributed by atoms with Crippen molar-refractivity contribution in [3.05, 3.63) is 48.6 Å². The minimum atomic E-state index is -0.795. The molecule has 0 aromatic carbocycles. The Labute approximate surface area is 290 Å². The Hall–Kier alpha value is -2.14. The van der Waals surface area contributed by atoms with Crippen LogP contribution in [0, 0.1) is 0 Å². The third kappa shape index (κ3) is 36.5. The first-order valence-electron chi connectivity index (χ1n) is 19.7. The third-order valence-electron chi connectivity index (χ3n) is 8.39. The number of carbonyl (C=O) groups is 2. The number of allylic oxidation sites excluding steroid dienone is 8. The van der Waals surface area contributed by atoms with Gasteiger partial charge in [0, 0.05) is 12.8 Å². The number of aliphatic hydroxyl groups is 1. The molecule has 0 fully saturated rings. The molecule has 1 atom stereocenters. The highest BCUT2D eigenvalue weighted by Gasteiger charge is 2.15. The minimum Gasteiger partial charge on any atom is -0.462 e. The van der Waals surface area contributed by atoms with Gasteiger partial charge in [0.05, 0.1) is 6.61 Å². The first-order chi connectivity index (χ1) is 23.1. The second-order valence-electron chi connectivity index (χ2n) is 13.0. The summed E-state index contributed by atoms with van der Waals surface area (Å²) in [5.41, 5.74) is 0. The molecule has 0 rings (SSSR count). The van der Waals surface area contributed by atoms with Crippen molar-refractivity contribution in [3.63, 3.8) is 0 Å². The Morgan fingerprint density at radius 1 is 0.511 bits per heavy atom. The standard InChI is InChI=1S/C42H74O5/c1-3-5-7-9-11-13-15-17-18-19-20-21-22-23-25-27-29-31-33-35-37-42(45)47-40(38-43)39-46-41(44)36-34-32-30-28-26-24-16-14-12-10-8-6-4-2/h13,15,17-18,24,26,30,32,40,43H,3-12,14,16,19-23,25,27-29,31,33-39H2,1-2H3/b15-13+,18-17+,26-24+,32-30+. The van der Waals surface area contributed by atoms with E-state index in [1.807, 2.05) is 6.08 Å². The zero-order chi connectivity index (χ0) is 34.3. The number of unbranched alkanes of at least 4 members (excludes halogenated alkanes) is 20. The van der Waals surface area contributed by atoms with Crippen LogP contribution in [0.5, 0.6) is 0 Å². The molecule has 0 saturated heterocycles. The summed E-state index contributed by atoms with van der Waals surface area (Å²) in [5.74, 6) is -0.674. The van der Waals surface area contributed by atoms with Crippen LogP contribution in [0.25, 0.3) is 0 Å². The van der Waals surface area contributed by atoms with E-state index in [0.29, 0.717) is 12.8 Å². The van der Waals surface area contributed by atoms with E-state index in [-0.39, 0.29) is 31.6 Å². The second kappa shape index (κ2) is 38.3. The maximum Gasteiger partial charge on any atom is 0.306 e. The highest BCUT2D eigenvalue weighted by molar-refractivity contribution is 5.70. The minimum absolute atomic E-state index is 0.0979. The summed E-state index contributed by atoms with van der Waals surface area (Å²) in [7, 11) is 0. The average molecular weight is 659 g/mol. The van der Waals surface area contributed by atoms with Crippen LogP contribution in [0.2, 0.25) is 0 Å². The molecule has 272 valence electrons. The molecule has 0 aromatic rings. The number of rotatable bonds is 35. The van der Waals surface area contributed by atoms with Gasteiger partial charge in [-0.25, -0.2) is 0 Å². The van der Waals surface area contributed by atoms with Gasteiger partial charge in [-0.05, 0) is 57.8 Å². The Morgan fingerprint density at radius 2 is 0.957 bits per heavy atom. The average Bonchev–Trinajstić information content (AvgIpc) is 3.07. The van der Waals surface area contributed by atoms with Gasteiger partial charge < -0.3 is 14.6 Å². The number of aliphatic hydroxyl groups excluding tert-OH is 1. The van der Waals surface area contributed by atoms with E-state index in [2.05, 4.69) is 56.4 Å². The van der Waals surface area contributed by atoms with Gasteiger partial charge in [0.25, 0.3) is 0 Å². The molecule has 0 aliphatic carbocycles. The predicted octanol–water partition coefficient (Wildman–Crippen LogP) is 12.2. The molecule has 0 saturated carbocycles. The number of carbonyl (C=O) groups excluding carboxylic acids is 2. The molecule has 0 aliphatic rings. The number of hydrogen-bond donors (Lipinski definition) is 1. The lowest BCUT2D eigenvalue weighted by Crippen LogP contribution is -2.28. The summed E-state index contributed by atoms with van der Waals surface area (Å²) in [5, 5.41) is 9.54. The summed E-state index contributed by atoms with van der Waals surface area (Å²) in [6, 6.07) is 0. The first-order valence-corrected chi connectivity index (χ1v) is 19.7. The second-order valence-corrected chi connectivity index (χ2v) is 13.0. The van der Waals surface area contributed by atoms with Crippen LogP contribution >= 0.6 is 0 Å². The predicted molar refractivity (Wildman–Crippen MR) is 200 cm³/mol. The number of ether oxygens (including phenoxy) is 2. The third-order valence-corrected chi connectivity index (χ3v) is 8.39. The maximum absolute atomic E-state index is 12.2. The zero-order valence-electron chi connectivity index (χ0n) is 30.8. The smallest absolute Gasteiger partial charge is 0.306 e. The van der Waals surface area contributed by atoms with E-state index in [1.165, 1.54) is 122 Å². The number of hydrogen-bond acceptors (Lipinski definition) is 5. The lowest BCUT2D eigenvalue weighted by Gasteiger charge is -2.15. The monoisotopic (exact) mass is 659 g/mol. The highest BCUT2D eigenvalue weighted by atomic mass is 16.6. The first kappa shape index (κ1) is 44.9. The van der Waals surface area contributed by atoms with Gasteiger partial charge in [0.2, 0.25) is 0 Å². The Bertz CT molecular complexity index is 797. The summed E-state index contributed by atoms with van der Waals surface area (Å²) in [6.07, 6.45) is 47.5. The molecule has 0 spiro atoms. The van der Waals surface area contributed by atoms with Crippen LogP contribution in [-0.2, 0) is 19.1 Å². The largest absolute Gasteiger partial charge is 0.462 e. The van der Waals surface area contributed by atoms with Crippen molar-refractivity contribution in [1.29, 1.82) is 0 Å². The fourth-order valence-electron chi connectivity index (χ4n) is 5.36. The Balaban J connectivity index is 3.61. The van der Waals surface area contributed by atoms with Gasteiger partial charge in [-0.15, -0.1) is 0 Å². The molecular formula is C42H74O5. The fraction of sp³-hybridized carbons (Fsp3) is 0.762. The van der Waals surface area contributed by atoms with Crippen LogP contribution in [0.15, 0.2) is 48.6 Å². The summed E-state index contributed by atoms with van der Waals surface area (Å²) in [6.45, 7) is 4.05. The van der Waals surface area contributed by atoms with Crippen molar-refractivity contribution >= 4 is 11.9 Å². The molecule has 0 aliphatic heterocycles. The molecule has 1 N–H and O–H groups in total. The molecular weight excluding hydrogens is 584 g/mol. The summed E-state index contributed by atoms with van der Waals surface area (Å²) >= 11 is 0. The van der Waals surface area contributed by atoms with Crippen molar-refractivity contribution in [2.24, 2.45) is 0 Å². The van der Waals surface area contributed by atoms with E-state index in [9.17, 15) is 14.7 Å². The van der Waals surface area contributed by atoms with E-state index in [1.54, 1.807) is 0 Å². The van der Waals surface area contributed by atoms with E-state index < -0.39 is 6.10 Å². The molecule has 0 bridgehead atoms. The number of esters is 2. The van der Waals surface area contributed by atoms with E-state index >= 15 is 0 Å². The van der Waals surface area contributed by atoms with Crippen LogP contribution < -0.4 is 0 Å². The molecule has 5 nitrogen and oxygen atoms in total. The molecule has 0 aromatic heterocycles. The lowest BCUT2D eigenvalue weighted by molar-refractivity contribution is -0.161. The zero-order valence-corrected chi connectivity index (χ0v) is 30.8. The van der Waals surface area contributed by atoms with Gasteiger partial charge in [-0.3, -0.25) is 9.59 Å². The molecule has 0 radical (unpaired) electrons. The van der Waals surface area contributed by atoms with Crippen LogP contribution in [0.3, 0.4) is 0 Å². The molecule has 1 unspecified atom stereocenters. The van der Waals surface area contributed by atoms with Crippen molar-refractivity contribution in [2.75, 3.05) is 13.2 Å². The van der Waals surface area contributed by atoms with Gasteiger partial charge in [-0.2, -0.15) is 0 Å². The topological polar surface area (TPSA) is 72.8 Å². The normalized spacial score (nSPS) is 12.7. The molecule has 0 heterocycles. The van der Waals surface area contributed by atoms with Gasteiger partial charge in [0.15, 0.2) is 6.10 Å². The summed E-state index contributed by atoms with van der Waals surface area (Å²) < 4.78 is 10.5. The van der Waals surface area contributed by atoms with Crippen molar-refractivity contribution in [2.45, 2.75) is 193 Å². The quantitative estimate of drug-likeness (QED) is 0.0317. The van der Waals surface area contributed by atoms with Crippen LogP contribution in [0.1, 0.15) is 187 Å². The Morgan fingerprint density at radius 3 is 1.49 bits per heavy atom. The van der Waals surface area contributed by atoms with E-state index in [0.717, 1.165) is 32.1 Å². The van der Waals surface area contributed by atoms with Crippen LogP contribution in [-0.4, -0.2) is 36.4 Å². The van der Waals surface area contributed by atoms with Gasteiger partial charge in [0.1, 0.15) is 6.61 Å². The fourth-order valence-corrected chi connectivity index (χ4v) is 5.36.